The molecule has 0 unspecified atom stereocenters. The summed E-state index contributed by atoms with van der Waals surface area (Å²) in [6, 6.07) is 1.91. The molecule has 8 heteroatoms. The topological polar surface area (TPSA) is 53.4 Å². The predicted molar refractivity (Wildman–Crippen MR) is 95.5 cm³/mol. The van der Waals surface area contributed by atoms with Crippen LogP contribution in [0.4, 0.5) is 0 Å². The van der Waals surface area contributed by atoms with Crippen molar-refractivity contribution in [2.24, 2.45) is 0 Å². The molecule has 0 aromatic carbocycles. The molecule has 0 bridgehead atoms. The van der Waals surface area contributed by atoms with E-state index in [2.05, 4.69) is 22.2 Å². The van der Waals surface area contributed by atoms with Crippen LogP contribution in [0.25, 0.3) is 0 Å². The van der Waals surface area contributed by atoms with E-state index >= 15 is 0 Å². The van der Waals surface area contributed by atoms with Gasteiger partial charge in [-0.1, -0.05) is 6.92 Å². The van der Waals surface area contributed by atoms with Crippen LogP contribution < -0.4 is 5.32 Å². The van der Waals surface area contributed by atoms with Gasteiger partial charge < -0.3 is 15.1 Å². The number of hydrogen-bond acceptors (Lipinski definition) is 4. The first-order valence-corrected chi connectivity index (χ1v) is 7.99. The molecule has 2 saturated heterocycles. The Morgan fingerprint density at radius 2 is 1.83 bits per heavy atom. The van der Waals surface area contributed by atoms with Gasteiger partial charge in [-0.25, -0.2) is 0 Å². The number of carbonyl (C=O) groups is 1. The van der Waals surface area contributed by atoms with Crippen LogP contribution in [0.5, 0.6) is 0 Å². The third kappa shape index (κ3) is 3.99. The van der Waals surface area contributed by atoms with Crippen molar-refractivity contribution < 1.29 is 4.79 Å². The molecule has 6 nitrogen and oxygen atoms in total. The minimum absolute atomic E-state index is 0. The fraction of sp³-hybridized carbons (Fsp3) is 0.733. The number of piperazine rings is 1. The zero-order valence-electron chi connectivity index (χ0n) is 13.6. The molecule has 1 amide bonds. The monoisotopic (exact) mass is 363 g/mol. The Hall–Kier alpha value is -0.820. The predicted octanol–water partition coefficient (Wildman–Crippen LogP) is 0.969. The highest BCUT2D eigenvalue weighted by Crippen LogP contribution is 2.29. The summed E-state index contributed by atoms with van der Waals surface area (Å²) in [6.45, 7) is 8.63. The van der Waals surface area contributed by atoms with Crippen LogP contribution >= 0.6 is 24.8 Å². The molecule has 1 N–H and O–H groups in total. The second kappa shape index (κ2) is 8.87. The van der Waals surface area contributed by atoms with Gasteiger partial charge in [0.15, 0.2) is 0 Å². The summed E-state index contributed by atoms with van der Waals surface area (Å²) >= 11 is 0. The minimum Gasteiger partial charge on any atom is -0.338 e. The molecule has 132 valence electrons. The number of piperidine rings is 1. The van der Waals surface area contributed by atoms with Crippen LogP contribution in [0.1, 0.15) is 19.8 Å². The molecule has 0 saturated carbocycles. The van der Waals surface area contributed by atoms with Gasteiger partial charge in [-0.3, -0.25) is 9.48 Å². The number of rotatable bonds is 3. The molecule has 2 aliphatic rings. The Balaban J connectivity index is 0.00000132. The van der Waals surface area contributed by atoms with Crippen LogP contribution in [-0.2, 0) is 10.3 Å². The number of hydrogen-bond donors (Lipinski definition) is 1. The molecule has 3 heterocycles. The van der Waals surface area contributed by atoms with E-state index in [0.717, 1.165) is 58.7 Å². The first kappa shape index (κ1) is 20.2. The molecule has 0 aliphatic carbocycles. The second-order valence-electron chi connectivity index (χ2n) is 5.96. The van der Waals surface area contributed by atoms with Crippen molar-refractivity contribution in [3.63, 3.8) is 0 Å². The summed E-state index contributed by atoms with van der Waals surface area (Å²) in [6.07, 6.45) is 5.35. The van der Waals surface area contributed by atoms with Crippen LogP contribution in [0.3, 0.4) is 0 Å². The number of amides is 1. The van der Waals surface area contributed by atoms with Gasteiger partial charge in [0.05, 0.1) is 0 Å². The summed E-state index contributed by atoms with van der Waals surface area (Å²) < 4.78 is 1.89. The molecular weight excluding hydrogens is 337 g/mol. The van der Waals surface area contributed by atoms with E-state index in [-0.39, 0.29) is 30.7 Å². The van der Waals surface area contributed by atoms with E-state index in [0.29, 0.717) is 0 Å². The van der Waals surface area contributed by atoms with E-state index < -0.39 is 5.54 Å². The number of nitrogens with one attached hydrogen (secondary N) is 1. The average Bonchev–Trinajstić information content (AvgIpc) is 3.10. The zero-order valence-corrected chi connectivity index (χ0v) is 15.2. The van der Waals surface area contributed by atoms with Crippen molar-refractivity contribution in [2.45, 2.75) is 25.3 Å². The van der Waals surface area contributed by atoms with Crippen LogP contribution in [-0.4, -0.2) is 71.3 Å². The van der Waals surface area contributed by atoms with Gasteiger partial charge in [0.2, 0.25) is 0 Å². The van der Waals surface area contributed by atoms with Crippen molar-refractivity contribution in [3.8, 4) is 0 Å². The lowest BCUT2D eigenvalue weighted by Crippen LogP contribution is -2.59. The lowest BCUT2D eigenvalue weighted by atomic mass is 9.86. The molecule has 1 aromatic rings. The molecule has 3 rings (SSSR count). The Bertz CT molecular complexity index is 468. The summed E-state index contributed by atoms with van der Waals surface area (Å²) in [4.78, 5) is 17.6. The van der Waals surface area contributed by atoms with E-state index in [4.69, 9.17) is 0 Å². The van der Waals surface area contributed by atoms with E-state index in [1.54, 1.807) is 6.20 Å². The smallest absolute Gasteiger partial charge is 0.250 e. The third-order valence-corrected chi connectivity index (χ3v) is 4.88. The molecule has 0 radical (unpaired) electrons. The first-order valence-electron chi connectivity index (χ1n) is 7.99. The van der Waals surface area contributed by atoms with Gasteiger partial charge in [-0.15, -0.1) is 24.8 Å². The minimum atomic E-state index is -0.483. The Morgan fingerprint density at radius 3 is 2.35 bits per heavy atom. The maximum absolute atomic E-state index is 13.2. The number of halogens is 2. The number of nitrogens with zero attached hydrogens (tertiary/aromatic N) is 4. The lowest BCUT2D eigenvalue weighted by Gasteiger charge is -2.43. The van der Waals surface area contributed by atoms with E-state index in [9.17, 15) is 4.79 Å². The average molecular weight is 364 g/mol. The zero-order chi connectivity index (χ0) is 14.7. The summed E-state index contributed by atoms with van der Waals surface area (Å²) in [5.41, 5.74) is -0.483. The van der Waals surface area contributed by atoms with Crippen molar-refractivity contribution in [3.05, 3.63) is 18.5 Å². The molecule has 23 heavy (non-hydrogen) atoms. The highest BCUT2D eigenvalue weighted by Gasteiger charge is 2.44. The van der Waals surface area contributed by atoms with Crippen LogP contribution in [0, 0.1) is 0 Å². The van der Waals surface area contributed by atoms with Crippen molar-refractivity contribution in [1.29, 1.82) is 0 Å². The molecule has 1 aromatic heterocycles. The van der Waals surface area contributed by atoms with E-state index in [1.165, 1.54) is 0 Å². The van der Waals surface area contributed by atoms with E-state index in [1.807, 2.05) is 21.8 Å². The Labute approximate surface area is 150 Å². The third-order valence-electron chi connectivity index (χ3n) is 4.88. The highest BCUT2D eigenvalue weighted by atomic mass is 35.5. The number of aromatic nitrogens is 2. The Kier molecular flexibility index (Phi) is 7.80. The van der Waals surface area contributed by atoms with Crippen molar-refractivity contribution in [1.82, 2.24) is 24.9 Å². The molecular formula is C15H27Cl2N5O. The molecule has 2 aliphatic heterocycles. The SMILES string of the molecule is CCN1CCN(C(=O)C2(n3cccn3)CCNCC2)CC1.Cl.Cl. The standard InChI is InChI=1S/C15H25N5O.2ClH/c1-2-18-10-12-19(13-11-18)14(21)15(4-7-16-8-5-15)20-9-3-6-17-20;;/h3,6,9,16H,2,4-5,7-8,10-13H2,1H3;2*1H. The Morgan fingerprint density at radius 1 is 1.17 bits per heavy atom. The molecule has 0 spiro atoms. The van der Waals surface area contributed by atoms with Gasteiger partial charge in [0.1, 0.15) is 5.54 Å². The van der Waals surface area contributed by atoms with Gasteiger partial charge >= 0.3 is 0 Å². The second-order valence-corrected chi connectivity index (χ2v) is 5.96. The van der Waals surface area contributed by atoms with Gasteiger partial charge in [-0.2, -0.15) is 5.10 Å². The largest absolute Gasteiger partial charge is 0.338 e. The highest BCUT2D eigenvalue weighted by molar-refractivity contribution is 5.86. The quantitative estimate of drug-likeness (QED) is 0.869. The summed E-state index contributed by atoms with van der Waals surface area (Å²) in [7, 11) is 0. The summed E-state index contributed by atoms with van der Waals surface area (Å²) in [5, 5.41) is 7.75. The van der Waals surface area contributed by atoms with Crippen LogP contribution in [0.15, 0.2) is 18.5 Å². The summed E-state index contributed by atoms with van der Waals surface area (Å²) in [5.74, 6) is 0.253. The maximum atomic E-state index is 13.2. The fourth-order valence-electron chi connectivity index (χ4n) is 3.46. The molecule has 0 atom stereocenters. The van der Waals surface area contributed by atoms with Gasteiger partial charge in [0, 0.05) is 38.6 Å². The van der Waals surface area contributed by atoms with Gasteiger partial charge in [-0.05, 0) is 38.5 Å². The van der Waals surface area contributed by atoms with Crippen LogP contribution in [0.2, 0.25) is 0 Å². The number of likely N-dealkylation sites (N-methyl/N-ethyl adjacent to an activating group) is 1. The normalized spacial score (nSPS) is 21.2. The first-order chi connectivity index (χ1) is 10.3. The van der Waals surface area contributed by atoms with Crippen molar-refractivity contribution >= 4 is 30.7 Å². The van der Waals surface area contributed by atoms with Gasteiger partial charge in [0.25, 0.3) is 5.91 Å². The fourth-order valence-corrected chi connectivity index (χ4v) is 3.46. The number of carbonyl (C=O) groups excluding carboxylic acids is 1. The molecule has 2 fully saturated rings. The maximum Gasteiger partial charge on any atom is 0.250 e. The van der Waals surface area contributed by atoms with Crippen molar-refractivity contribution in [2.75, 3.05) is 45.8 Å². The lowest BCUT2D eigenvalue weighted by molar-refractivity contribution is -0.145.